The van der Waals surface area contributed by atoms with Crippen molar-refractivity contribution in [2.45, 2.75) is 6.54 Å². The van der Waals surface area contributed by atoms with Gasteiger partial charge in [-0.25, -0.2) is 19.9 Å². The largest absolute Gasteiger partial charge is 0.387 e. The first-order valence-corrected chi connectivity index (χ1v) is 9.98. The predicted molar refractivity (Wildman–Crippen MR) is 109 cm³/mol. The van der Waals surface area contributed by atoms with Crippen LogP contribution in [0.25, 0.3) is 21.5 Å². The monoisotopic (exact) mass is 415 g/mol. The van der Waals surface area contributed by atoms with E-state index in [2.05, 4.69) is 14.9 Å². The topological polar surface area (TPSA) is 131 Å². The zero-order valence-electron chi connectivity index (χ0n) is 15.9. The Morgan fingerprint density at radius 1 is 1.31 bits per heavy atom. The molecule has 29 heavy (non-hydrogen) atoms. The highest BCUT2D eigenvalue weighted by atomic mass is 32.1. The van der Waals surface area contributed by atoms with Crippen molar-refractivity contribution in [2.24, 2.45) is 0 Å². The highest BCUT2D eigenvalue weighted by Crippen LogP contribution is 2.34. The number of fused-ring (bicyclic) bond motifs is 1. The number of aliphatic hydroxyl groups is 1. The van der Waals surface area contributed by atoms with Crippen molar-refractivity contribution in [1.82, 2.24) is 24.8 Å². The molecule has 3 N–H and O–H groups in total. The van der Waals surface area contributed by atoms with Gasteiger partial charge >= 0.3 is 0 Å². The molecule has 0 bridgehead atoms. The maximum Gasteiger partial charge on any atom is 0.248 e. The van der Waals surface area contributed by atoms with Crippen LogP contribution in [-0.2, 0) is 16.1 Å². The zero-order chi connectivity index (χ0) is 20.4. The molecule has 152 valence electrons. The van der Waals surface area contributed by atoms with Crippen LogP contribution in [-0.4, -0.2) is 75.8 Å². The summed E-state index contributed by atoms with van der Waals surface area (Å²) in [6.07, 6.45) is 3.29. The molecule has 11 heteroatoms. The number of nitrogens with two attached hydrogens (primary N) is 1. The van der Waals surface area contributed by atoms with E-state index >= 15 is 0 Å². The van der Waals surface area contributed by atoms with Crippen LogP contribution >= 0.6 is 11.3 Å². The number of aliphatic hydroxyl groups excluding tert-OH is 1. The molecular weight excluding hydrogens is 394 g/mol. The first-order valence-electron chi connectivity index (χ1n) is 9.10. The van der Waals surface area contributed by atoms with Gasteiger partial charge < -0.3 is 25.4 Å². The first kappa shape index (κ1) is 19.4. The van der Waals surface area contributed by atoms with Crippen molar-refractivity contribution in [3.63, 3.8) is 0 Å². The molecule has 0 saturated carbocycles. The number of carbonyl (C=O) groups excluding carboxylic acids is 1. The van der Waals surface area contributed by atoms with Gasteiger partial charge in [0.2, 0.25) is 17.8 Å². The molecule has 1 saturated heterocycles. The Hall–Kier alpha value is -2.89. The normalized spacial score (nSPS) is 14.3. The van der Waals surface area contributed by atoms with Crippen LogP contribution in [0, 0.1) is 0 Å². The number of nitrogens with zero attached hydrogens (tertiary/aromatic N) is 6. The number of morpholine rings is 1. The summed E-state index contributed by atoms with van der Waals surface area (Å²) in [6.45, 7) is 2.45. The molecule has 3 aromatic rings. The second-order valence-electron chi connectivity index (χ2n) is 6.65. The smallest absolute Gasteiger partial charge is 0.248 e. The third kappa shape index (κ3) is 3.97. The summed E-state index contributed by atoms with van der Waals surface area (Å²) in [5.41, 5.74) is 8.77. The van der Waals surface area contributed by atoms with E-state index in [1.807, 2.05) is 5.38 Å². The Bertz CT molecular complexity index is 1020. The first-order chi connectivity index (χ1) is 14.1. The quantitative estimate of drug-likeness (QED) is 0.612. The third-order valence-electron chi connectivity index (χ3n) is 4.68. The third-order valence-corrected chi connectivity index (χ3v) is 5.71. The molecule has 0 unspecified atom stereocenters. The van der Waals surface area contributed by atoms with E-state index in [-0.39, 0.29) is 11.9 Å². The lowest BCUT2D eigenvalue weighted by atomic mass is 10.2. The van der Waals surface area contributed by atoms with Gasteiger partial charge in [-0.05, 0) is 5.38 Å². The fraction of sp³-hybridized carbons (Fsp3) is 0.389. The highest BCUT2D eigenvalue weighted by Gasteiger charge is 2.21. The molecule has 0 radical (unpaired) electrons. The molecular formula is C18H21N7O3S. The molecule has 0 spiro atoms. The van der Waals surface area contributed by atoms with Gasteiger partial charge in [0.15, 0.2) is 0 Å². The minimum absolute atomic E-state index is 0.198. The lowest BCUT2D eigenvalue weighted by Crippen LogP contribution is -2.37. The van der Waals surface area contributed by atoms with Crippen LogP contribution in [0.15, 0.2) is 17.8 Å². The summed E-state index contributed by atoms with van der Waals surface area (Å²) in [5, 5.41) is 11.1. The average Bonchev–Trinajstić information content (AvgIpc) is 3.16. The maximum atomic E-state index is 11.8. The van der Waals surface area contributed by atoms with Crippen LogP contribution in [0.1, 0.15) is 5.56 Å². The fourth-order valence-electron chi connectivity index (χ4n) is 3.09. The summed E-state index contributed by atoms with van der Waals surface area (Å²) in [7, 11) is 1.65. The van der Waals surface area contributed by atoms with Crippen LogP contribution < -0.4 is 10.6 Å². The van der Waals surface area contributed by atoms with Gasteiger partial charge in [-0.2, -0.15) is 0 Å². The standard InChI is InChI=1S/C18H21N7O3S/c1-24(13(27)9-26)8-12-10-29-16-14(11-6-20-17(19)21-7-11)22-18(23-15(12)16)25-2-4-28-5-3-25/h6-7,10,26H,2-5,8-9H2,1H3,(H2,19,20,21). The molecule has 0 aromatic carbocycles. The number of anilines is 2. The number of thiophene rings is 1. The van der Waals surface area contributed by atoms with Gasteiger partial charge in [0, 0.05) is 50.2 Å². The second kappa shape index (κ2) is 8.23. The number of likely N-dealkylation sites (N-methyl/N-ethyl adjacent to an activating group) is 1. The zero-order valence-corrected chi connectivity index (χ0v) is 16.7. The Labute approximate surface area is 171 Å². The van der Waals surface area contributed by atoms with E-state index < -0.39 is 6.61 Å². The number of amides is 1. The van der Waals surface area contributed by atoms with E-state index in [1.165, 1.54) is 16.2 Å². The van der Waals surface area contributed by atoms with Crippen molar-refractivity contribution >= 4 is 39.4 Å². The number of aromatic nitrogens is 4. The summed E-state index contributed by atoms with van der Waals surface area (Å²) >= 11 is 1.50. The molecule has 1 aliphatic rings. The number of hydrogen-bond donors (Lipinski definition) is 2. The van der Waals surface area contributed by atoms with E-state index in [4.69, 9.17) is 25.5 Å². The maximum absolute atomic E-state index is 11.8. The van der Waals surface area contributed by atoms with Gasteiger partial charge in [0.25, 0.3) is 0 Å². The van der Waals surface area contributed by atoms with Crippen LogP contribution in [0.2, 0.25) is 0 Å². The van der Waals surface area contributed by atoms with Gasteiger partial charge in [-0.3, -0.25) is 4.79 Å². The SMILES string of the molecule is CN(Cc1csc2c(-c3cnc(N)nc3)nc(N3CCOCC3)nc12)C(=O)CO. The van der Waals surface area contributed by atoms with Crippen LogP contribution in [0.5, 0.6) is 0 Å². The molecule has 0 aliphatic carbocycles. The summed E-state index contributed by atoms with van der Waals surface area (Å²) in [6, 6.07) is 0. The van der Waals surface area contributed by atoms with Gasteiger partial charge in [0.05, 0.1) is 29.1 Å². The Morgan fingerprint density at radius 2 is 2.03 bits per heavy atom. The molecule has 0 atom stereocenters. The Morgan fingerprint density at radius 3 is 2.72 bits per heavy atom. The predicted octanol–water partition coefficient (Wildman–Crippen LogP) is 0.518. The Balaban J connectivity index is 1.82. The minimum atomic E-state index is -0.527. The number of ether oxygens (including phenoxy) is 1. The molecule has 1 amide bonds. The Kier molecular flexibility index (Phi) is 5.51. The van der Waals surface area contributed by atoms with Crippen molar-refractivity contribution in [1.29, 1.82) is 0 Å². The molecule has 1 aliphatic heterocycles. The van der Waals surface area contributed by atoms with Gasteiger partial charge in [-0.1, -0.05) is 0 Å². The number of nitrogen functional groups attached to an aromatic ring is 1. The lowest BCUT2D eigenvalue weighted by molar-refractivity contribution is -0.133. The summed E-state index contributed by atoms with van der Waals surface area (Å²) < 4.78 is 6.32. The molecule has 10 nitrogen and oxygen atoms in total. The summed E-state index contributed by atoms with van der Waals surface area (Å²) in [4.78, 5) is 33.1. The average molecular weight is 415 g/mol. The molecule has 4 heterocycles. The van der Waals surface area contributed by atoms with Crippen LogP contribution in [0.4, 0.5) is 11.9 Å². The van der Waals surface area contributed by atoms with Crippen molar-refractivity contribution in [2.75, 3.05) is 50.6 Å². The van der Waals surface area contributed by atoms with Crippen LogP contribution in [0.3, 0.4) is 0 Å². The lowest BCUT2D eigenvalue weighted by Gasteiger charge is -2.27. The van der Waals surface area contributed by atoms with E-state index in [9.17, 15) is 4.79 Å². The fourth-order valence-corrected chi connectivity index (χ4v) is 4.10. The van der Waals surface area contributed by atoms with Crippen molar-refractivity contribution in [3.8, 4) is 11.3 Å². The minimum Gasteiger partial charge on any atom is -0.387 e. The highest BCUT2D eigenvalue weighted by molar-refractivity contribution is 7.17. The number of hydrogen-bond acceptors (Lipinski definition) is 10. The van der Waals surface area contributed by atoms with Crippen molar-refractivity contribution in [3.05, 3.63) is 23.3 Å². The van der Waals surface area contributed by atoms with Gasteiger partial charge in [0.1, 0.15) is 6.61 Å². The van der Waals surface area contributed by atoms with E-state index in [1.54, 1.807) is 19.4 Å². The number of carbonyl (C=O) groups is 1. The molecule has 4 rings (SSSR count). The molecule has 1 fully saturated rings. The number of rotatable bonds is 5. The van der Waals surface area contributed by atoms with Crippen molar-refractivity contribution < 1.29 is 14.6 Å². The van der Waals surface area contributed by atoms with Gasteiger partial charge in [-0.15, -0.1) is 11.3 Å². The van der Waals surface area contributed by atoms with E-state index in [0.29, 0.717) is 38.8 Å². The summed E-state index contributed by atoms with van der Waals surface area (Å²) in [5.74, 6) is 0.450. The second-order valence-corrected chi connectivity index (χ2v) is 7.53. The molecule has 3 aromatic heterocycles. The van der Waals surface area contributed by atoms with E-state index in [0.717, 1.165) is 27.0 Å².